The van der Waals surface area contributed by atoms with Gasteiger partial charge in [0.05, 0.1) is 56.0 Å². The molecule has 4 aromatic rings. The third-order valence-corrected chi connectivity index (χ3v) is 6.20. The molecule has 1 amide bonds. The first-order valence-electron chi connectivity index (χ1n) is 12.1. The van der Waals surface area contributed by atoms with Crippen LogP contribution in [0, 0.1) is 10.1 Å². The maximum atomic E-state index is 13.6. The number of non-ortho nitro benzene ring substituents is 1. The molecule has 0 bridgehead atoms. The van der Waals surface area contributed by atoms with Crippen LogP contribution in [-0.4, -0.2) is 54.8 Å². The molecule has 4 rings (SSSR count). The summed E-state index contributed by atoms with van der Waals surface area (Å²) in [5, 5.41) is 18.4. The zero-order valence-electron chi connectivity index (χ0n) is 22.9. The van der Waals surface area contributed by atoms with E-state index in [0.29, 0.717) is 28.4 Å². The third-order valence-electron chi connectivity index (χ3n) is 6.20. The number of nitrogens with one attached hydrogen (secondary N) is 2. The number of benzene rings is 3. The Morgan fingerprint density at radius 2 is 1.54 bits per heavy atom. The summed E-state index contributed by atoms with van der Waals surface area (Å²) in [4.78, 5) is 37.2. The summed E-state index contributed by atoms with van der Waals surface area (Å²) >= 11 is 0. The van der Waals surface area contributed by atoms with Crippen molar-refractivity contribution in [3.63, 3.8) is 0 Å². The van der Waals surface area contributed by atoms with Crippen LogP contribution in [0.4, 0.5) is 5.69 Å². The van der Waals surface area contributed by atoms with Crippen LogP contribution in [0.5, 0.6) is 23.0 Å². The van der Waals surface area contributed by atoms with Crippen LogP contribution in [0.3, 0.4) is 0 Å². The van der Waals surface area contributed by atoms with Crippen LogP contribution >= 0.6 is 0 Å². The molecule has 0 atom stereocenters. The van der Waals surface area contributed by atoms with E-state index in [1.165, 1.54) is 62.4 Å². The van der Waals surface area contributed by atoms with Crippen LogP contribution in [0.25, 0.3) is 16.9 Å². The zero-order valence-corrected chi connectivity index (χ0v) is 22.9. The van der Waals surface area contributed by atoms with Crippen LogP contribution < -0.4 is 29.9 Å². The highest BCUT2D eigenvalue weighted by molar-refractivity contribution is 6.05. The first-order valence-corrected chi connectivity index (χ1v) is 12.1. The van der Waals surface area contributed by atoms with Gasteiger partial charge in [-0.3, -0.25) is 24.8 Å². The van der Waals surface area contributed by atoms with E-state index < -0.39 is 16.4 Å². The van der Waals surface area contributed by atoms with Crippen LogP contribution in [0.2, 0.25) is 0 Å². The van der Waals surface area contributed by atoms with Gasteiger partial charge in [-0.1, -0.05) is 0 Å². The predicted octanol–water partition coefficient (Wildman–Crippen LogP) is 3.93. The molecule has 1 heterocycles. The van der Waals surface area contributed by atoms with Gasteiger partial charge in [-0.05, 0) is 55.5 Å². The zero-order chi connectivity index (χ0) is 29.7. The number of carbonyl (C=O) groups is 1. The Morgan fingerprint density at radius 1 is 0.927 bits per heavy atom. The molecule has 0 aliphatic carbocycles. The number of ether oxygens (including phenoxy) is 4. The van der Waals surface area contributed by atoms with E-state index in [9.17, 15) is 19.7 Å². The second-order valence-corrected chi connectivity index (χ2v) is 8.56. The summed E-state index contributed by atoms with van der Waals surface area (Å²) in [5.74, 6) is 0.943. The molecule has 2 N–H and O–H groups in total. The van der Waals surface area contributed by atoms with Crippen molar-refractivity contribution >= 4 is 17.3 Å². The van der Waals surface area contributed by atoms with Gasteiger partial charge in [-0.15, -0.1) is 0 Å². The molecule has 13 nitrogen and oxygen atoms in total. The summed E-state index contributed by atoms with van der Waals surface area (Å²) in [5.41, 5.74) is 3.88. The summed E-state index contributed by atoms with van der Waals surface area (Å²) in [6, 6.07) is 15.4. The molecule has 0 saturated heterocycles. The van der Waals surface area contributed by atoms with Crippen molar-refractivity contribution in [3.05, 3.63) is 92.3 Å². The van der Waals surface area contributed by atoms with Crippen LogP contribution in [-0.2, 0) is 0 Å². The van der Waals surface area contributed by atoms with Gasteiger partial charge in [0, 0.05) is 23.3 Å². The molecule has 0 aliphatic rings. The molecule has 3 aromatic carbocycles. The van der Waals surface area contributed by atoms with Crippen LogP contribution in [0.15, 0.2) is 70.6 Å². The molecule has 41 heavy (non-hydrogen) atoms. The minimum atomic E-state index is -0.583. The van der Waals surface area contributed by atoms with Gasteiger partial charge in [0.25, 0.3) is 17.2 Å². The molecular formula is C28H27N5O8. The number of hydrogen-bond acceptors (Lipinski definition) is 9. The smallest absolute Gasteiger partial charge is 0.281 e. The van der Waals surface area contributed by atoms with Crippen molar-refractivity contribution in [1.82, 2.24) is 15.2 Å². The molecular weight excluding hydrogens is 534 g/mol. The highest BCUT2D eigenvalue weighted by atomic mass is 16.6. The van der Waals surface area contributed by atoms with Crippen LogP contribution in [0.1, 0.15) is 22.8 Å². The highest BCUT2D eigenvalue weighted by Gasteiger charge is 2.21. The largest absolute Gasteiger partial charge is 0.497 e. The Morgan fingerprint density at radius 3 is 2.05 bits per heavy atom. The lowest BCUT2D eigenvalue weighted by Gasteiger charge is -2.13. The van der Waals surface area contributed by atoms with Crippen molar-refractivity contribution in [2.45, 2.75) is 6.92 Å². The van der Waals surface area contributed by atoms with Crippen molar-refractivity contribution in [2.75, 3.05) is 28.4 Å². The van der Waals surface area contributed by atoms with E-state index in [1.807, 2.05) is 0 Å². The van der Waals surface area contributed by atoms with E-state index in [0.717, 1.165) is 0 Å². The van der Waals surface area contributed by atoms with Crippen molar-refractivity contribution in [1.29, 1.82) is 0 Å². The standard InChI is InChI=1S/C28H27N5O8/c1-16(29-30-27(34)18-14-22(39-3)26(41-5)23(15-18)40-4)24-25(17-6-12-21(38-2)13-7-17)31-32(28(24)35)19-8-10-20(11-9-19)33(36)37/h6-15,31H,1-5H3,(H,30,34). The third kappa shape index (κ3) is 5.73. The maximum Gasteiger partial charge on any atom is 0.281 e. The first-order chi connectivity index (χ1) is 19.7. The lowest BCUT2D eigenvalue weighted by Crippen LogP contribution is -2.23. The Kier molecular flexibility index (Phi) is 8.37. The van der Waals surface area contributed by atoms with Gasteiger partial charge in [0.15, 0.2) is 11.5 Å². The molecule has 13 heteroatoms. The number of nitrogens with zero attached hydrogens (tertiary/aromatic N) is 3. The number of hydrazone groups is 1. The summed E-state index contributed by atoms with van der Waals surface area (Å²) in [6.45, 7) is 1.58. The summed E-state index contributed by atoms with van der Waals surface area (Å²) in [7, 11) is 5.86. The van der Waals surface area contributed by atoms with E-state index in [-0.39, 0.29) is 34.0 Å². The predicted molar refractivity (Wildman–Crippen MR) is 151 cm³/mol. The number of carbonyl (C=O) groups excluding carboxylic acids is 1. The Bertz CT molecular complexity index is 1650. The molecule has 0 radical (unpaired) electrons. The number of hydrogen-bond donors (Lipinski definition) is 2. The normalized spacial score (nSPS) is 11.1. The van der Waals surface area contributed by atoms with Gasteiger partial charge in [0.1, 0.15) is 5.75 Å². The number of nitro groups is 1. The Hall–Kier alpha value is -5.59. The number of methoxy groups -OCH3 is 4. The van der Waals surface area contributed by atoms with E-state index in [2.05, 4.69) is 15.6 Å². The SMILES string of the molecule is COc1ccc(-c2[nH]n(-c3ccc([N+](=O)[O-])cc3)c(=O)c2C(C)=NNC(=O)c2cc(OC)c(OC)c(OC)c2)cc1. The monoisotopic (exact) mass is 561 g/mol. The molecule has 0 unspecified atom stereocenters. The van der Waals surface area contributed by atoms with Gasteiger partial charge in [0.2, 0.25) is 5.75 Å². The van der Waals surface area contributed by atoms with Crippen molar-refractivity contribution < 1.29 is 28.7 Å². The van der Waals surface area contributed by atoms with Gasteiger partial charge >= 0.3 is 0 Å². The summed E-state index contributed by atoms with van der Waals surface area (Å²) < 4.78 is 22.4. The van der Waals surface area contributed by atoms with Crippen molar-refractivity contribution in [2.24, 2.45) is 5.10 Å². The number of aromatic nitrogens is 2. The molecule has 0 spiro atoms. The second kappa shape index (κ2) is 12.1. The highest BCUT2D eigenvalue weighted by Crippen LogP contribution is 2.38. The fourth-order valence-corrected chi connectivity index (χ4v) is 4.11. The minimum Gasteiger partial charge on any atom is -0.497 e. The number of nitro benzene ring substituents is 1. The summed E-state index contributed by atoms with van der Waals surface area (Å²) in [6.07, 6.45) is 0. The topological polar surface area (TPSA) is 159 Å². The number of amides is 1. The lowest BCUT2D eigenvalue weighted by molar-refractivity contribution is -0.384. The average Bonchev–Trinajstić information content (AvgIpc) is 3.35. The minimum absolute atomic E-state index is 0.115. The van der Waals surface area contributed by atoms with Gasteiger partial charge in [-0.2, -0.15) is 5.10 Å². The number of rotatable bonds is 10. The molecule has 0 saturated carbocycles. The second-order valence-electron chi connectivity index (χ2n) is 8.56. The quantitative estimate of drug-likeness (QED) is 0.167. The Labute approximate surface area is 234 Å². The number of aromatic amines is 1. The average molecular weight is 562 g/mol. The van der Waals surface area contributed by atoms with E-state index in [1.54, 1.807) is 38.3 Å². The number of H-pyrrole nitrogens is 1. The van der Waals surface area contributed by atoms with E-state index in [4.69, 9.17) is 18.9 Å². The van der Waals surface area contributed by atoms with Crippen molar-refractivity contribution in [3.8, 4) is 39.9 Å². The molecule has 0 fully saturated rings. The van der Waals surface area contributed by atoms with Gasteiger partial charge in [-0.25, -0.2) is 10.1 Å². The molecule has 1 aromatic heterocycles. The molecule has 212 valence electrons. The van der Waals surface area contributed by atoms with Gasteiger partial charge < -0.3 is 18.9 Å². The maximum absolute atomic E-state index is 13.6. The fraction of sp³-hybridized carbons (Fsp3) is 0.179. The first kappa shape index (κ1) is 28.4. The fourth-order valence-electron chi connectivity index (χ4n) is 4.11. The molecule has 0 aliphatic heterocycles. The lowest BCUT2D eigenvalue weighted by atomic mass is 10.1. The Balaban J connectivity index is 1.76. The van der Waals surface area contributed by atoms with E-state index >= 15 is 0 Å².